The van der Waals surface area contributed by atoms with Gasteiger partial charge in [0.25, 0.3) is 0 Å². The minimum Gasteiger partial charge on any atom is -0.465 e. The Morgan fingerprint density at radius 3 is 2.86 bits per heavy atom. The summed E-state index contributed by atoms with van der Waals surface area (Å²) in [7, 11) is 0. The normalized spacial score (nSPS) is 14.3. The van der Waals surface area contributed by atoms with E-state index in [2.05, 4.69) is 9.97 Å². The van der Waals surface area contributed by atoms with Crippen molar-refractivity contribution in [2.75, 3.05) is 0 Å². The largest absolute Gasteiger partial charge is 0.465 e. The molecular formula is C8H8ClN3O2. The van der Waals surface area contributed by atoms with Gasteiger partial charge in [-0.25, -0.2) is 14.8 Å². The highest BCUT2D eigenvalue weighted by molar-refractivity contribution is 6.28. The molecule has 0 saturated carbocycles. The van der Waals surface area contributed by atoms with Crippen LogP contribution in [0.1, 0.15) is 17.0 Å². The Morgan fingerprint density at radius 1 is 1.50 bits per heavy atom. The van der Waals surface area contributed by atoms with Crippen LogP contribution < -0.4 is 0 Å². The van der Waals surface area contributed by atoms with Crippen molar-refractivity contribution in [3.8, 4) is 0 Å². The van der Waals surface area contributed by atoms with E-state index >= 15 is 0 Å². The molecule has 0 atom stereocenters. The Labute approximate surface area is 85.3 Å². The lowest BCUT2D eigenvalue weighted by atomic mass is 10.2. The van der Waals surface area contributed by atoms with Gasteiger partial charge in [0.05, 0.1) is 18.8 Å². The number of amides is 1. The van der Waals surface area contributed by atoms with Crippen molar-refractivity contribution < 1.29 is 9.90 Å². The van der Waals surface area contributed by atoms with Crippen LogP contribution in [0.4, 0.5) is 4.79 Å². The highest BCUT2D eigenvalue weighted by Crippen LogP contribution is 2.24. The van der Waals surface area contributed by atoms with Gasteiger partial charge < -0.3 is 5.11 Å². The van der Waals surface area contributed by atoms with E-state index in [-0.39, 0.29) is 5.28 Å². The van der Waals surface area contributed by atoms with Gasteiger partial charge in [-0.2, -0.15) is 0 Å². The van der Waals surface area contributed by atoms with E-state index in [4.69, 9.17) is 16.7 Å². The van der Waals surface area contributed by atoms with E-state index in [0.717, 1.165) is 11.3 Å². The summed E-state index contributed by atoms with van der Waals surface area (Å²) in [6.45, 7) is 2.46. The summed E-state index contributed by atoms with van der Waals surface area (Å²) in [6, 6.07) is 0. The molecule has 0 aromatic carbocycles. The highest BCUT2D eigenvalue weighted by Gasteiger charge is 2.26. The molecular weight excluding hydrogens is 206 g/mol. The maximum absolute atomic E-state index is 10.7. The molecule has 0 bridgehead atoms. The fourth-order valence-electron chi connectivity index (χ4n) is 1.52. The molecule has 1 N–H and O–H groups in total. The van der Waals surface area contributed by atoms with E-state index in [1.807, 2.05) is 0 Å². The summed E-state index contributed by atoms with van der Waals surface area (Å²) in [5.41, 5.74) is 2.34. The molecule has 5 nitrogen and oxygen atoms in total. The van der Waals surface area contributed by atoms with Gasteiger partial charge in [-0.15, -0.1) is 0 Å². The van der Waals surface area contributed by atoms with Crippen molar-refractivity contribution in [3.05, 3.63) is 22.2 Å². The third kappa shape index (κ3) is 1.39. The maximum atomic E-state index is 10.7. The number of nitrogens with zero attached hydrogens (tertiary/aromatic N) is 3. The Morgan fingerprint density at radius 2 is 2.21 bits per heavy atom. The molecule has 1 aromatic rings. The summed E-state index contributed by atoms with van der Waals surface area (Å²) < 4.78 is 0. The second kappa shape index (κ2) is 3.09. The van der Waals surface area contributed by atoms with Gasteiger partial charge in [-0.1, -0.05) is 0 Å². The third-order valence-electron chi connectivity index (χ3n) is 2.23. The predicted octanol–water partition coefficient (Wildman–Crippen LogP) is 1.43. The van der Waals surface area contributed by atoms with Crippen LogP contribution in [0, 0.1) is 6.92 Å². The van der Waals surface area contributed by atoms with Gasteiger partial charge in [-0.05, 0) is 18.5 Å². The molecule has 0 aliphatic carbocycles. The smallest absolute Gasteiger partial charge is 0.407 e. The number of hydrogen-bond acceptors (Lipinski definition) is 3. The summed E-state index contributed by atoms with van der Waals surface area (Å²) in [6.07, 6.45) is -0.946. The second-order valence-corrected chi connectivity index (χ2v) is 3.48. The van der Waals surface area contributed by atoms with Gasteiger partial charge in [-0.3, -0.25) is 4.90 Å². The van der Waals surface area contributed by atoms with Crippen molar-refractivity contribution in [1.29, 1.82) is 0 Å². The summed E-state index contributed by atoms with van der Waals surface area (Å²) in [5, 5.41) is 8.96. The standard InChI is InChI=1S/C8H8ClN3O2/c1-4-5-2-12(8(13)14)3-6(5)11-7(9)10-4/h2-3H2,1H3,(H,13,14). The molecule has 74 valence electrons. The number of halogens is 1. The molecule has 0 unspecified atom stereocenters. The predicted molar refractivity (Wildman–Crippen MR) is 49.1 cm³/mol. The topological polar surface area (TPSA) is 66.3 Å². The first kappa shape index (κ1) is 9.21. The second-order valence-electron chi connectivity index (χ2n) is 3.14. The van der Waals surface area contributed by atoms with Crippen LogP contribution in [-0.4, -0.2) is 26.1 Å². The van der Waals surface area contributed by atoms with Gasteiger partial charge in [0, 0.05) is 11.3 Å². The zero-order chi connectivity index (χ0) is 10.3. The Bertz CT molecular complexity index is 408. The van der Waals surface area contributed by atoms with Gasteiger partial charge in [0.1, 0.15) is 0 Å². The average Bonchev–Trinajstić information content (AvgIpc) is 2.47. The van der Waals surface area contributed by atoms with Gasteiger partial charge >= 0.3 is 6.09 Å². The first-order valence-electron chi connectivity index (χ1n) is 4.07. The molecule has 1 aromatic heterocycles. The molecule has 1 aliphatic heterocycles. The number of carbonyl (C=O) groups is 1. The molecule has 0 fully saturated rings. The Balaban J connectivity index is 2.39. The monoisotopic (exact) mass is 213 g/mol. The fraction of sp³-hybridized carbons (Fsp3) is 0.375. The minimum atomic E-state index is -0.946. The number of rotatable bonds is 0. The highest BCUT2D eigenvalue weighted by atomic mass is 35.5. The van der Waals surface area contributed by atoms with Crippen LogP contribution in [0.5, 0.6) is 0 Å². The van der Waals surface area contributed by atoms with Crippen molar-refractivity contribution in [2.45, 2.75) is 20.0 Å². The Hall–Kier alpha value is -1.36. The lowest BCUT2D eigenvalue weighted by Gasteiger charge is -2.08. The fourth-order valence-corrected chi connectivity index (χ4v) is 1.75. The molecule has 6 heteroatoms. The van der Waals surface area contributed by atoms with Gasteiger partial charge in [0.15, 0.2) is 0 Å². The summed E-state index contributed by atoms with van der Waals surface area (Å²) in [5.74, 6) is 0. The van der Waals surface area contributed by atoms with Crippen LogP contribution in [-0.2, 0) is 13.1 Å². The molecule has 2 heterocycles. The van der Waals surface area contributed by atoms with Crippen molar-refractivity contribution in [3.63, 3.8) is 0 Å². The van der Waals surface area contributed by atoms with Crippen molar-refractivity contribution in [2.24, 2.45) is 0 Å². The van der Waals surface area contributed by atoms with Crippen LogP contribution in [0.25, 0.3) is 0 Å². The first-order valence-corrected chi connectivity index (χ1v) is 4.45. The van der Waals surface area contributed by atoms with Crippen LogP contribution in [0.2, 0.25) is 5.28 Å². The zero-order valence-corrected chi connectivity index (χ0v) is 8.25. The molecule has 1 amide bonds. The van der Waals surface area contributed by atoms with Crippen LogP contribution in [0.3, 0.4) is 0 Å². The van der Waals surface area contributed by atoms with Crippen molar-refractivity contribution in [1.82, 2.24) is 14.9 Å². The van der Waals surface area contributed by atoms with E-state index < -0.39 is 6.09 Å². The van der Waals surface area contributed by atoms with Crippen LogP contribution in [0.15, 0.2) is 0 Å². The van der Waals surface area contributed by atoms with E-state index in [1.165, 1.54) is 4.90 Å². The third-order valence-corrected chi connectivity index (χ3v) is 2.40. The number of fused-ring (bicyclic) bond motifs is 1. The lowest BCUT2D eigenvalue weighted by Crippen LogP contribution is -2.22. The maximum Gasteiger partial charge on any atom is 0.407 e. The van der Waals surface area contributed by atoms with E-state index in [0.29, 0.717) is 18.8 Å². The number of aromatic nitrogens is 2. The minimum absolute atomic E-state index is 0.175. The molecule has 0 saturated heterocycles. The van der Waals surface area contributed by atoms with E-state index in [1.54, 1.807) is 6.92 Å². The zero-order valence-electron chi connectivity index (χ0n) is 7.49. The Kier molecular flexibility index (Phi) is 2.03. The van der Waals surface area contributed by atoms with E-state index in [9.17, 15) is 4.79 Å². The number of aryl methyl sites for hydroxylation is 1. The number of carboxylic acid groups (broad SMARTS) is 1. The molecule has 14 heavy (non-hydrogen) atoms. The van der Waals surface area contributed by atoms with Crippen LogP contribution >= 0.6 is 11.6 Å². The molecule has 2 rings (SSSR count). The quantitative estimate of drug-likeness (QED) is 0.662. The SMILES string of the molecule is Cc1nc(Cl)nc2c1CN(C(=O)O)C2. The summed E-state index contributed by atoms with van der Waals surface area (Å²) >= 11 is 5.67. The van der Waals surface area contributed by atoms with Gasteiger partial charge in [0.2, 0.25) is 5.28 Å². The molecule has 0 spiro atoms. The average molecular weight is 214 g/mol. The summed E-state index contributed by atoms with van der Waals surface area (Å²) in [4.78, 5) is 20.0. The molecule has 1 aliphatic rings. The van der Waals surface area contributed by atoms with Crippen molar-refractivity contribution >= 4 is 17.7 Å². The lowest BCUT2D eigenvalue weighted by molar-refractivity contribution is 0.145. The number of hydrogen-bond donors (Lipinski definition) is 1. The first-order chi connectivity index (χ1) is 6.58. The molecule has 0 radical (unpaired) electrons.